The summed E-state index contributed by atoms with van der Waals surface area (Å²) in [6.45, 7) is 0.116. The standard InChI is InChI=1S/C16H18N2O4/c19-15(11-6-2-1-3-7-11)17-18-16(20)14-10-21-12-8-4-5-9-13(12)22-14/h1-2,4-5,8-9,11,14H,3,6-7,10H2,(H,17,19)(H,18,20)/t11-,14-/m1/s1. The van der Waals surface area contributed by atoms with Crippen LogP contribution in [0.25, 0.3) is 0 Å². The summed E-state index contributed by atoms with van der Waals surface area (Å²) in [7, 11) is 0. The first-order chi connectivity index (χ1) is 10.7. The molecule has 3 rings (SSSR count). The van der Waals surface area contributed by atoms with Crippen LogP contribution in [0.15, 0.2) is 36.4 Å². The summed E-state index contributed by atoms with van der Waals surface area (Å²) in [6.07, 6.45) is 5.67. The third-order valence-corrected chi connectivity index (χ3v) is 3.75. The number of fused-ring (bicyclic) bond motifs is 1. The van der Waals surface area contributed by atoms with Crippen molar-refractivity contribution in [3.63, 3.8) is 0 Å². The average molecular weight is 302 g/mol. The van der Waals surface area contributed by atoms with Gasteiger partial charge in [-0.25, -0.2) is 0 Å². The normalized spacial score (nSPS) is 22.7. The molecular formula is C16H18N2O4. The van der Waals surface area contributed by atoms with Crippen molar-refractivity contribution in [2.45, 2.75) is 25.4 Å². The van der Waals surface area contributed by atoms with Gasteiger partial charge < -0.3 is 9.47 Å². The number of nitrogens with one attached hydrogen (secondary N) is 2. The van der Waals surface area contributed by atoms with Crippen molar-refractivity contribution in [1.29, 1.82) is 0 Å². The van der Waals surface area contributed by atoms with E-state index in [2.05, 4.69) is 16.9 Å². The fraction of sp³-hybridized carbons (Fsp3) is 0.375. The van der Waals surface area contributed by atoms with Crippen molar-refractivity contribution >= 4 is 11.8 Å². The molecule has 0 fully saturated rings. The van der Waals surface area contributed by atoms with Crippen LogP contribution in [-0.2, 0) is 9.59 Å². The Balaban J connectivity index is 1.50. The number of hydrogen-bond donors (Lipinski definition) is 2. The number of ether oxygens (including phenoxy) is 2. The molecule has 2 aliphatic rings. The van der Waals surface area contributed by atoms with Crippen molar-refractivity contribution in [2.24, 2.45) is 5.92 Å². The highest BCUT2D eigenvalue weighted by atomic mass is 16.6. The van der Waals surface area contributed by atoms with Crippen molar-refractivity contribution in [1.82, 2.24) is 10.9 Å². The van der Waals surface area contributed by atoms with Gasteiger partial charge in [-0.05, 0) is 31.4 Å². The SMILES string of the molecule is O=C(NNC(=O)[C@H]1COc2ccccc2O1)[C@@H]1CC=CCC1. The molecule has 0 saturated carbocycles. The lowest BCUT2D eigenvalue weighted by Crippen LogP contribution is -2.52. The fourth-order valence-corrected chi connectivity index (χ4v) is 2.49. The van der Waals surface area contributed by atoms with E-state index >= 15 is 0 Å². The van der Waals surface area contributed by atoms with Gasteiger partial charge in [0.15, 0.2) is 11.5 Å². The van der Waals surface area contributed by atoms with E-state index in [0.717, 1.165) is 12.8 Å². The van der Waals surface area contributed by atoms with Crippen LogP contribution in [0.5, 0.6) is 11.5 Å². The average Bonchev–Trinajstić information content (AvgIpc) is 2.59. The smallest absolute Gasteiger partial charge is 0.283 e. The Bertz CT molecular complexity index is 600. The Morgan fingerprint density at radius 2 is 1.82 bits per heavy atom. The number of amides is 2. The third-order valence-electron chi connectivity index (χ3n) is 3.75. The van der Waals surface area contributed by atoms with Gasteiger partial charge in [0.05, 0.1) is 0 Å². The second-order valence-corrected chi connectivity index (χ2v) is 5.32. The summed E-state index contributed by atoms with van der Waals surface area (Å²) in [5.74, 6) is 0.459. The van der Waals surface area contributed by atoms with Crippen LogP contribution < -0.4 is 20.3 Å². The van der Waals surface area contributed by atoms with Crippen molar-refractivity contribution < 1.29 is 19.1 Å². The quantitative estimate of drug-likeness (QED) is 0.638. The van der Waals surface area contributed by atoms with Crippen LogP contribution >= 0.6 is 0 Å². The number of hydrazine groups is 1. The molecule has 6 heteroatoms. The minimum absolute atomic E-state index is 0.0884. The Morgan fingerprint density at radius 3 is 2.59 bits per heavy atom. The molecule has 0 aromatic heterocycles. The zero-order chi connectivity index (χ0) is 15.4. The molecule has 1 aliphatic carbocycles. The summed E-state index contributed by atoms with van der Waals surface area (Å²) in [6, 6.07) is 7.16. The molecule has 22 heavy (non-hydrogen) atoms. The van der Waals surface area contributed by atoms with Crippen LogP contribution in [0.4, 0.5) is 0 Å². The highest BCUT2D eigenvalue weighted by Crippen LogP contribution is 2.30. The molecule has 0 radical (unpaired) electrons. The van der Waals surface area contributed by atoms with Crippen molar-refractivity contribution in [3.05, 3.63) is 36.4 Å². The number of rotatable bonds is 2. The number of carbonyl (C=O) groups is 2. The molecule has 0 saturated heterocycles. The molecule has 0 bridgehead atoms. The third kappa shape index (κ3) is 3.21. The number of carbonyl (C=O) groups excluding carboxylic acids is 2. The predicted octanol–water partition coefficient (Wildman–Crippen LogP) is 1.33. The summed E-state index contributed by atoms with van der Waals surface area (Å²) < 4.78 is 11.0. The van der Waals surface area contributed by atoms with E-state index in [0.29, 0.717) is 17.9 Å². The molecule has 1 aromatic carbocycles. The van der Waals surface area contributed by atoms with Crippen LogP contribution in [0, 0.1) is 5.92 Å². The Morgan fingerprint density at radius 1 is 1.05 bits per heavy atom. The molecule has 0 spiro atoms. The van der Waals surface area contributed by atoms with Gasteiger partial charge in [-0.2, -0.15) is 0 Å². The van der Waals surface area contributed by atoms with E-state index in [1.54, 1.807) is 18.2 Å². The number of hydrogen-bond acceptors (Lipinski definition) is 4. The first-order valence-electron chi connectivity index (χ1n) is 7.37. The first kappa shape index (κ1) is 14.4. The van der Waals surface area contributed by atoms with E-state index in [9.17, 15) is 9.59 Å². The molecule has 2 amide bonds. The van der Waals surface area contributed by atoms with E-state index in [-0.39, 0.29) is 18.4 Å². The molecule has 0 unspecified atom stereocenters. The summed E-state index contributed by atoms with van der Waals surface area (Å²) in [5.41, 5.74) is 4.88. The van der Waals surface area contributed by atoms with Crippen LogP contribution in [0.3, 0.4) is 0 Å². The summed E-state index contributed by atoms with van der Waals surface area (Å²) in [4.78, 5) is 24.0. The van der Waals surface area contributed by atoms with Gasteiger partial charge in [-0.3, -0.25) is 20.4 Å². The molecule has 6 nitrogen and oxygen atoms in total. The zero-order valence-electron chi connectivity index (χ0n) is 12.1. The van der Waals surface area contributed by atoms with Gasteiger partial charge in [0, 0.05) is 5.92 Å². The van der Waals surface area contributed by atoms with Gasteiger partial charge in [-0.1, -0.05) is 24.3 Å². The van der Waals surface area contributed by atoms with Gasteiger partial charge in [-0.15, -0.1) is 0 Å². The first-order valence-corrected chi connectivity index (χ1v) is 7.37. The van der Waals surface area contributed by atoms with Gasteiger partial charge >= 0.3 is 0 Å². The van der Waals surface area contributed by atoms with Crippen LogP contribution in [-0.4, -0.2) is 24.5 Å². The lowest BCUT2D eigenvalue weighted by Gasteiger charge is -2.26. The van der Waals surface area contributed by atoms with Gasteiger partial charge in [0.2, 0.25) is 12.0 Å². The second-order valence-electron chi connectivity index (χ2n) is 5.32. The zero-order valence-corrected chi connectivity index (χ0v) is 12.1. The fourth-order valence-electron chi connectivity index (χ4n) is 2.49. The van der Waals surface area contributed by atoms with Crippen LogP contribution in [0.1, 0.15) is 19.3 Å². The monoisotopic (exact) mass is 302 g/mol. The molecule has 1 aliphatic heterocycles. The molecule has 2 atom stereocenters. The molecule has 1 heterocycles. The van der Waals surface area contributed by atoms with Crippen LogP contribution in [0.2, 0.25) is 0 Å². The predicted molar refractivity (Wildman–Crippen MR) is 79.1 cm³/mol. The molecule has 1 aromatic rings. The van der Waals surface area contributed by atoms with Gasteiger partial charge in [0.1, 0.15) is 6.61 Å². The Kier molecular flexibility index (Phi) is 4.27. The maximum atomic E-state index is 12.1. The molecular weight excluding hydrogens is 284 g/mol. The lowest BCUT2D eigenvalue weighted by atomic mass is 9.94. The largest absolute Gasteiger partial charge is 0.485 e. The minimum Gasteiger partial charge on any atom is -0.485 e. The molecule has 2 N–H and O–H groups in total. The number of benzene rings is 1. The van der Waals surface area contributed by atoms with E-state index in [1.165, 1.54) is 0 Å². The molecule has 116 valence electrons. The summed E-state index contributed by atoms with van der Waals surface area (Å²) >= 11 is 0. The van der Waals surface area contributed by atoms with E-state index < -0.39 is 12.0 Å². The maximum Gasteiger partial charge on any atom is 0.283 e. The van der Waals surface area contributed by atoms with E-state index in [1.807, 2.05) is 12.1 Å². The Labute approximate surface area is 128 Å². The highest BCUT2D eigenvalue weighted by molar-refractivity contribution is 5.86. The topological polar surface area (TPSA) is 76.7 Å². The lowest BCUT2D eigenvalue weighted by molar-refractivity contribution is -0.136. The van der Waals surface area contributed by atoms with Crippen molar-refractivity contribution in [3.8, 4) is 11.5 Å². The number of para-hydroxylation sites is 2. The Hall–Kier alpha value is -2.50. The number of allylic oxidation sites excluding steroid dienone is 2. The highest BCUT2D eigenvalue weighted by Gasteiger charge is 2.28. The maximum absolute atomic E-state index is 12.1. The summed E-state index contributed by atoms with van der Waals surface area (Å²) in [5, 5.41) is 0. The minimum atomic E-state index is -0.776. The van der Waals surface area contributed by atoms with Crippen molar-refractivity contribution in [2.75, 3.05) is 6.61 Å². The second kappa shape index (κ2) is 6.51. The van der Waals surface area contributed by atoms with E-state index in [4.69, 9.17) is 9.47 Å². The van der Waals surface area contributed by atoms with Gasteiger partial charge in [0.25, 0.3) is 5.91 Å².